The van der Waals surface area contributed by atoms with Gasteiger partial charge < -0.3 is 100 Å². The zero-order valence-corrected chi connectivity index (χ0v) is 68.4. The number of carbonyl (C=O) groups excluding carboxylic acids is 14. The van der Waals surface area contributed by atoms with Crippen molar-refractivity contribution in [3.8, 4) is 0 Å². The Balaban J connectivity index is 1.46. The van der Waals surface area contributed by atoms with Crippen LogP contribution in [0, 0.1) is 29.6 Å². The zero-order chi connectivity index (χ0) is 84.7. The first-order chi connectivity index (χ1) is 53.2. The molecule has 113 heavy (non-hydrogen) atoms. The molecule has 0 unspecified atom stereocenters. The highest BCUT2D eigenvalue weighted by atomic mass is 32.2. The molecule has 14 amide bonds. The Hall–Kier alpha value is -9.74. The van der Waals surface area contributed by atoms with Gasteiger partial charge in [-0.15, -0.1) is 0 Å². The van der Waals surface area contributed by atoms with Gasteiger partial charge in [-0.25, -0.2) is 4.79 Å². The average molecular weight is 1600 g/mol. The summed E-state index contributed by atoms with van der Waals surface area (Å²) in [6, 6.07) is -2.53. The number of likely N-dealkylation sites (tertiary alicyclic amines) is 1. The van der Waals surface area contributed by atoms with Gasteiger partial charge in [0.25, 0.3) is 0 Å². The van der Waals surface area contributed by atoms with Crippen molar-refractivity contribution in [3.63, 3.8) is 0 Å². The molecule has 2 aromatic carbocycles. The van der Waals surface area contributed by atoms with E-state index in [4.69, 9.17) is 5.73 Å². The number of aromatic nitrogens is 1. The lowest BCUT2D eigenvalue weighted by Crippen LogP contribution is -2.63. The van der Waals surface area contributed by atoms with E-state index in [-0.39, 0.29) is 56.4 Å². The number of aliphatic hydroxyl groups is 2. The fourth-order valence-electron chi connectivity index (χ4n) is 12.6. The van der Waals surface area contributed by atoms with Crippen LogP contribution in [0.3, 0.4) is 0 Å². The number of nitrogens with one attached hydrogen (secondary N) is 14. The number of carboxylic acid groups (broad SMARTS) is 1. The lowest BCUT2D eigenvalue weighted by atomic mass is 9.95. The van der Waals surface area contributed by atoms with Crippen LogP contribution in [0.5, 0.6) is 0 Å². The van der Waals surface area contributed by atoms with Gasteiger partial charge in [-0.1, -0.05) is 131 Å². The average Bonchev–Trinajstić information content (AvgIpc) is 1.70. The number of amides is 14. The summed E-state index contributed by atoms with van der Waals surface area (Å²) in [4.78, 5) is 212. The van der Waals surface area contributed by atoms with Crippen molar-refractivity contribution in [2.24, 2.45) is 35.3 Å². The third-order valence-corrected chi connectivity index (χ3v) is 20.2. The SMILES string of the molecule is CC[C@H](C)[C@H](NC(=O)[C@H](C)NC(=O)[C@H](CC(C)C)NC(=O)[C@H](CO)NC(=O)CNC(=O)[C@H](C)NC(=O)[C@H](C)NC(=O)[C@H](Cc1ccccc1)NC(=O)[C@H](CC(C)C)NC(=O)[C@H](CC(C)C)NC(=O)[C@@H](NC(=O)[C@@H](NC(=O)[C@H](Cc1c[nH]c2ccccc12)NC(=O)[C@@H]1CCCN1C(=O)[C@@H](N)CCSC)[C@@H](C)O)[C@@H](C)CC)C(=O)O. The number of aromatic amines is 1. The van der Waals surface area contributed by atoms with Crippen LogP contribution in [0.1, 0.15) is 159 Å². The minimum absolute atomic E-state index is 0.0232. The molecule has 1 aliphatic heterocycles. The van der Waals surface area contributed by atoms with E-state index in [0.717, 1.165) is 10.9 Å². The van der Waals surface area contributed by atoms with Crippen LogP contribution >= 0.6 is 11.8 Å². The molecule has 4 rings (SSSR count). The van der Waals surface area contributed by atoms with Gasteiger partial charge in [-0.05, 0) is 125 Å². The second-order valence-corrected chi connectivity index (χ2v) is 31.5. The van der Waals surface area contributed by atoms with E-state index in [1.54, 1.807) is 106 Å². The molecule has 1 saturated heterocycles. The number of carbonyl (C=O) groups is 15. The number of fused-ring (bicyclic) bond motifs is 1. The van der Waals surface area contributed by atoms with Crippen molar-refractivity contribution < 1.29 is 87.2 Å². The summed E-state index contributed by atoms with van der Waals surface area (Å²) >= 11 is 1.53. The number of rotatable bonds is 47. The van der Waals surface area contributed by atoms with Gasteiger partial charge in [0.15, 0.2) is 0 Å². The minimum Gasteiger partial charge on any atom is -0.480 e. The monoisotopic (exact) mass is 1600 g/mol. The molecule has 1 aliphatic rings. The van der Waals surface area contributed by atoms with Crippen LogP contribution in [0.4, 0.5) is 0 Å². The normalized spacial score (nSPS) is 17.0. The fourth-order valence-corrected chi connectivity index (χ4v) is 13.1. The van der Waals surface area contributed by atoms with Crippen LogP contribution in [0.2, 0.25) is 0 Å². The molecule has 3 aromatic rings. The molecule has 1 aromatic heterocycles. The Morgan fingerprint density at radius 1 is 0.513 bits per heavy atom. The second-order valence-electron chi connectivity index (χ2n) is 30.5. The van der Waals surface area contributed by atoms with E-state index in [9.17, 15) is 87.2 Å². The maximum Gasteiger partial charge on any atom is 0.326 e. The van der Waals surface area contributed by atoms with Crippen molar-refractivity contribution >= 4 is 111 Å². The topological polar surface area (TPSA) is 518 Å². The van der Waals surface area contributed by atoms with Gasteiger partial charge in [0.1, 0.15) is 78.5 Å². The molecule has 0 aliphatic carbocycles. The Bertz CT molecular complexity index is 3730. The maximum absolute atomic E-state index is 14.7. The summed E-state index contributed by atoms with van der Waals surface area (Å²) in [6.07, 6.45) is 3.85. The first-order valence-corrected chi connectivity index (χ1v) is 40.2. The van der Waals surface area contributed by atoms with Crippen molar-refractivity contribution in [1.82, 2.24) is 79.0 Å². The molecule has 628 valence electrons. The van der Waals surface area contributed by atoms with Gasteiger partial charge in [0, 0.05) is 36.5 Å². The van der Waals surface area contributed by atoms with E-state index in [1.807, 2.05) is 30.5 Å². The predicted octanol–water partition coefficient (Wildman–Crippen LogP) is -0.294. The Labute approximate surface area is 665 Å². The number of carboxylic acids is 1. The highest BCUT2D eigenvalue weighted by Gasteiger charge is 2.41. The summed E-state index contributed by atoms with van der Waals surface area (Å²) in [5.41, 5.74) is 8.24. The smallest absolute Gasteiger partial charge is 0.326 e. The summed E-state index contributed by atoms with van der Waals surface area (Å²) < 4.78 is 0. The number of hydrogen-bond acceptors (Lipinski definition) is 19. The fraction of sp³-hybridized carbons (Fsp3) is 0.628. The van der Waals surface area contributed by atoms with Gasteiger partial charge in [0.2, 0.25) is 82.7 Å². The number of benzene rings is 2. The first-order valence-electron chi connectivity index (χ1n) is 38.8. The summed E-state index contributed by atoms with van der Waals surface area (Å²) in [5.74, 6) is -13.8. The van der Waals surface area contributed by atoms with E-state index in [1.165, 1.54) is 44.4 Å². The quantitative estimate of drug-likeness (QED) is 0.0345. The molecule has 0 bridgehead atoms. The van der Waals surface area contributed by atoms with Crippen molar-refractivity contribution in [2.45, 2.75) is 252 Å². The van der Waals surface area contributed by atoms with Crippen LogP contribution in [-0.2, 0) is 84.8 Å². The van der Waals surface area contributed by atoms with E-state index >= 15 is 0 Å². The lowest BCUT2D eigenvalue weighted by molar-refractivity contribution is -0.143. The summed E-state index contributed by atoms with van der Waals surface area (Å²) in [7, 11) is 0. The molecule has 0 spiro atoms. The Morgan fingerprint density at radius 2 is 0.956 bits per heavy atom. The predicted molar refractivity (Wildman–Crippen MR) is 425 cm³/mol. The standard InChI is InChI=1S/C78H122N16O18S/c1-16-43(9)62(91-76(109)64(48(14)96)93-72(105)58(36-50-37-80-53-27-22-21-26-51(50)53)89-74(107)60-28-23-30-94(60)77(110)52(79)29-31-113-15)75(108)90-56(34-42(7)8)71(104)86-55(33-41(5)6)70(103)88-57(35-49-24-19-18-20-25-49)69(102)83-46(12)66(99)82-45(11)65(98)81-38-61(97)85-59(39-95)73(106)87-54(32-40(3)4)68(101)84-47(13)67(100)92-63(78(111)112)44(10)17-2/h18-22,24-27,37,40-48,52,54-60,62-64,80,95-96H,16-17,23,28-36,38-39,79H2,1-15H3,(H,81,98)(H,82,99)(H,83,102)(H,84,101)(H,85,97)(H,86,104)(H,87,106)(H,88,103)(H,89,107)(H,90,108)(H,91,109)(H,92,100)(H,93,105)(H,111,112)/t43-,44-,45-,46-,47-,48+,52-,54-,55-,56-,57-,58-,59-,60-,62-,63-,64-/m0/s1. The van der Waals surface area contributed by atoms with Gasteiger partial charge in [-0.2, -0.15) is 11.8 Å². The number of hydrogen-bond donors (Lipinski definition) is 18. The van der Waals surface area contributed by atoms with Crippen LogP contribution in [0.25, 0.3) is 10.9 Å². The second kappa shape index (κ2) is 47.1. The minimum atomic E-state index is -1.71. The van der Waals surface area contributed by atoms with Crippen LogP contribution in [0.15, 0.2) is 60.8 Å². The number of nitrogens with zero attached hydrogens (tertiary/aromatic N) is 1. The summed E-state index contributed by atoms with van der Waals surface area (Å²) in [6.45, 7) is 21.3. The highest BCUT2D eigenvalue weighted by molar-refractivity contribution is 7.98. The number of nitrogens with two attached hydrogens (primary N) is 1. The molecule has 35 heteroatoms. The molecular formula is C78H122N16O18S. The van der Waals surface area contributed by atoms with Crippen molar-refractivity contribution in [1.29, 1.82) is 0 Å². The van der Waals surface area contributed by atoms with E-state index in [2.05, 4.69) is 74.1 Å². The third-order valence-electron chi connectivity index (χ3n) is 19.6. The Kier molecular flexibility index (Phi) is 39.8. The molecule has 34 nitrogen and oxygen atoms in total. The zero-order valence-electron chi connectivity index (χ0n) is 67.6. The van der Waals surface area contributed by atoms with E-state index < -0.39 is 204 Å². The lowest BCUT2D eigenvalue weighted by Gasteiger charge is -2.31. The summed E-state index contributed by atoms with van der Waals surface area (Å²) in [5, 5.41) is 65.1. The number of para-hydroxylation sites is 1. The molecule has 1 fully saturated rings. The molecule has 19 N–H and O–H groups in total. The highest BCUT2D eigenvalue weighted by Crippen LogP contribution is 2.23. The van der Waals surface area contributed by atoms with Gasteiger partial charge >= 0.3 is 5.97 Å². The van der Waals surface area contributed by atoms with Crippen molar-refractivity contribution in [2.75, 3.05) is 31.7 Å². The maximum atomic E-state index is 14.7. The molecule has 17 atom stereocenters. The molecule has 0 radical (unpaired) electrons. The number of aliphatic hydroxyl groups excluding tert-OH is 2. The number of aliphatic carboxylic acids is 1. The molecular weight excluding hydrogens is 1480 g/mol. The third kappa shape index (κ3) is 30.6. The van der Waals surface area contributed by atoms with E-state index in [0.29, 0.717) is 49.0 Å². The molecule has 2 heterocycles. The van der Waals surface area contributed by atoms with Gasteiger partial charge in [0.05, 0.1) is 25.3 Å². The largest absolute Gasteiger partial charge is 0.480 e. The Morgan fingerprint density at radius 3 is 1.49 bits per heavy atom. The van der Waals surface area contributed by atoms with Crippen LogP contribution < -0.4 is 74.9 Å². The van der Waals surface area contributed by atoms with Gasteiger partial charge in [-0.3, -0.25) is 67.1 Å². The number of thioether (sulfide) groups is 1. The van der Waals surface area contributed by atoms with Crippen LogP contribution in [-0.4, -0.2) is 236 Å². The molecule has 0 saturated carbocycles. The van der Waals surface area contributed by atoms with Crippen molar-refractivity contribution in [3.05, 3.63) is 71.9 Å². The number of H-pyrrole nitrogens is 1. The first kappa shape index (κ1) is 95.6.